The zero-order valence-electron chi connectivity index (χ0n) is 9.37. The molecule has 16 heavy (non-hydrogen) atoms. The monoisotopic (exact) mass is 231 g/mol. The Bertz CT molecular complexity index is 265. The smallest absolute Gasteiger partial charge is 0.322 e. The van der Waals surface area contributed by atoms with Crippen molar-refractivity contribution >= 4 is 17.9 Å². The van der Waals surface area contributed by atoms with Crippen LogP contribution >= 0.6 is 0 Å². The van der Waals surface area contributed by atoms with E-state index in [9.17, 15) is 14.4 Å². The van der Waals surface area contributed by atoms with Gasteiger partial charge in [-0.2, -0.15) is 0 Å². The largest absolute Gasteiger partial charge is 0.480 e. The number of urea groups is 1. The van der Waals surface area contributed by atoms with Gasteiger partial charge in [0.2, 0.25) is 5.91 Å². The van der Waals surface area contributed by atoms with E-state index in [1.54, 1.807) is 0 Å². The first-order valence-corrected chi connectivity index (χ1v) is 4.92. The van der Waals surface area contributed by atoms with Gasteiger partial charge in [0.1, 0.15) is 6.54 Å². The predicted octanol–water partition coefficient (Wildman–Crippen LogP) is -0.858. The number of carboxylic acid groups (broad SMARTS) is 1. The molecule has 0 atom stereocenters. The minimum atomic E-state index is -1.13. The third-order valence-corrected chi connectivity index (χ3v) is 1.52. The van der Waals surface area contributed by atoms with Crippen molar-refractivity contribution < 1.29 is 19.5 Å². The number of hydrogen-bond acceptors (Lipinski definition) is 3. The third-order valence-electron chi connectivity index (χ3n) is 1.52. The van der Waals surface area contributed by atoms with Gasteiger partial charge in [0.05, 0.1) is 6.54 Å². The zero-order chi connectivity index (χ0) is 12.6. The molecule has 0 bridgehead atoms. The van der Waals surface area contributed by atoms with E-state index in [-0.39, 0.29) is 6.54 Å². The maximum atomic E-state index is 11.1. The maximum Gasteiger partial charge on any atom is 0.322 e. The van der Waals surface area contributed by atoms with Gasteiger partial charge in [-0.3, -0.25) is 9.59 Å². The molecule has 0 saturated carbocycles. The van der Waals surface area contributed by atoms with Crippen LogP contribution in [0.1, 0.15) is 13.8 Å². The molecule has 0 aliphatic rings. The third kappa shape index (κ3) is 8.79. The predicted molar refractivity (Wildman–Crippen MR) is 56.9 cm³/mol. The Hall–Kier alpha value is -1.79. The fraction of sp³-hybridized carbons (Fsp3) is 0.667. The van der Waals surface area contributed by atoms with E-state index in [0.29, 0.717) is 12.5 Å². The lowest BCUT2D eigenvalue weighted by Gasteiger charge is -2.08. The average Bonchev–Trinajstić information content (AvgIpc) is 2.20. The SMILES string of the molecule is CC(C)CNC(=O)NCC(=O)NCC(=O)O. The Morgan fingerprint density at radius 2 is 1.69 bits per heavy atom. The Morgan fingerprint density at radius 3 is 2.19 bits per heavy atom. The molecule has 0 rings (SSSR count). The van der Waals surface area contributed by atoms with Gasteiger partial charge >= 0.3 is 12.0 Å². The van der Waals surface area contributed by atoms with E-state index in [1.807, 2.05) is 13.8 Å². The molecule has 0 spiro atoms. The summed E-state index contributed by atoms with van der Waals surface area (Å²) in [6.07, 6.45) is 0. The van der Waals surface area contributed by atoms with Gasteiger partial charge in [-0.15, -0.1) is 0 Å². The topological polar surface area (TPSA) is 108 Å². The Labute approximate surface area is 93.6 Å². The van der Waals surface area contributed by atoms with Crippen LogP contribution in [-0.4, -0.2) is 42.6 Å². The molecule has 0 aromatic heterocycles. The molecule has 4 N–H and O–H groups in total. The van der Waals surface area contributed by atoms with Gasteiger partial charge in [-0.25, -0.2) is 4.79 Å². The highest BCUT2D eigenvalue weighted by Gasteiger charge is 2.06. The Balaban J connectivity index is 3.59. The number of rotatable bonds is 6. The summed E-state index contributed by atoms with van der Waals surface area (Å²) < 4.78 is 0. The summed E-state index contributed by atoms with van der Waals surface area (Å²) in [7, 11) is 0. The van der Waals surface area contributed by atoms with Crippen molar-refractivity contribution in [3.05, 3.63) is 0 Å². The lowest BCUT2D eigenvalue weighted by atomic mass is 10.2. The normalized spacial score (nSPS) is 9.69. The number of carbonyl (C=O) groups is 3. The number of amides is 3. The van der Waals surface area contributed by atoms with Gasteiger partial charge in [-0.05, 0) is 5.92 Å². The van der Waals surface area contributed by atoms with Crippen LogP contribution in [0.3, 0.4) is 0 Å². The van der Waals surface area contributed by atoms with E-state index in [2.05, 4.69) is 16.0 Å². The Morgan fingerprint density at radius 1 is 1.06 bits per heavy atom. The number of hydrogen-bond donors (Lipinski definition) is 4. The van der Waals surface area contributed by atoms with Crippen molar-refractivity contribution in [1.29, 1.82) is 0 Å². The molecule has 0 saturated heterocycles. The fourth-order valence-corrected chi connectivity index (χ4v) is 0.757. The van der Waals surface area contributed by atoms with Crippen molar-refractivity contribution in [2.24, 2.45) is 5.92 Å². The van der Waals surface area contributed by atoms with Gasteiger partial charge < -0.3 is 21.1 Å². The number of carbonyl (C=O) groups excluding carboxylic acids is 2. The minimum Gasteiger partial charge on any atom is -0.480 e. The summed E-state index contributed by atoms with van der Waals surface area (Å²) in [6, 6.07) is -0.445. The molecule has 0 unspecified atom stereocenters. The summed E-state index contributed by atoms with van der Waals surface area (Å²) >= 11 is 0. The van der Waals surface area contributed by atoms with Gasteiger partial charge in [0.15, 0.2) is 0 Å². The quantitative estimate of drug-likeness (QED) is 0.477. The van der Waals surface area contributed by atoms with Gasteiger partial charge in [0, 0.05) is 6.54 Å². The highest BCUT2D eigenvalue weighted by molar-refractivity contribution is 5.86. The van der Waals surface area contributed by atoms with Crippen LogP contribution in [0.15, 0.2) is 0 Å². The minimum absolute atomic E-state index is 0.239. The molecule has 3 amide bonds. The second kappa shape index (κ2) is 7.49. The van der Waals surface area contributed by atoms with Crippen LogP contribution in [0.25, 0.3) is 0 Å². The van der Waals surface area contributed by atoms with Crippen LogP contribution in [0, 0.1) is 5.92 Å². The first-order chi connectivity index (χ1) is 7.41. The summed E-state index contributed by atoms with van der Waals surface area (Å²) in [5, 5.41) is 15.3. The first kappa shape index (κ1) is 14.2. The second-order valence-corrected chi connectivity index (χ2v) is 3.63. The molecule has 0 heterocycles. The molecule has 0 aromatic rings. The molecule has 0 fully saturated rings. The lowest BCUT2D eigenvalue weighted by Crippen LogP contribution is -2.43. The van der Waals surface area contributed by atoms with Gasteiger partial charge in [-0.1, -0.05) is 13.8 Å². The van der Waals surface area contributed by atoms with E-state index >= 15 is 0 Å². The van der Waals surface area contributed by atoms with Crippen LogP contribution in [-0.2, 0) is 9.59 Å². The molecule has 7 heteroatoms. The summed E-state index contributed by atoms with van der Waals surface area (Å²) in [5.74, 6) is -1.34. The molecule has 0 aliphatic heterocycles. The van der Waals surface area contributed by atoms with Crippen molar-refractivity contribution in [3.8, 4) is 0 Å². The van der Waals surface area contributed by atoms with Crippen molar-refractivity contribution in [2.45, 2.75) is 13.8 Å². The summed E-state index contributed by atoms with van der Waals surface area (Å²) in [4.78, 5) is 32.1. The highest BCUT2D eigenvalue weighted by Crippen LogP contribution is 1.86. The molecule has 92 valence electrons. The van der Waals surface area contributed by atoms with Crippen LogP contribution in [0.2, 0.25) is 0 Å². The average molecular weight is 231 g/mol. The number of carboxylic acids is 1. The molecule has 0 aliphatic carbocycles. The summed E-state index contributed by atoms with van der Waals surface area (Å²) in [5.41, 5.74) is 0. The number of nitrogens with one attached hydrogen (secondary N) is 3. The van der Waals surface area contributed by atoms with E-state index in [4.69, 9.17) is 5.11 Å². The van der Waals surface area contributed by atoms with E-state index in [1.165, 1.54) is 0 Å². The van der Waals surface area contributed by atoms with Crippen molar-refractivity contribution in [2.75, 3.05) is 19.6 Å². The number of aliphatic carboxylic acids is 1. The fourth-order valence-electron chi connectivity index (χ4n) is 0.757. The van der Waals surface area contributed by atoms with E-state index in [0.717, 1.165) is 0 Å². The van der Waals surface area contributed by atoms with Gasteiger partial charge in [0.25, 0.3) is 0 Å². The standard InChI is InChI=1S/C9H17N3O4/c1-6(2)3-11-9(16)12-4-7(13)10-5-8(14)15/h6H,3-5H2,1-2H3,(H,10,13)(H,14,15)(H2,11,12,16). The Kier molecular flexibility index (Phi) is 6.66. The first-order valence-electron chi connectivity index (χ1n) is 4.92. The molecular formula is C9H17N3O4. The molecule has 7 nitrogen and oxygen atoms in total. The van der Waals surface area contributed by atoms with Crippen molar-refractivity contribution in [1.82, 2.24) is 16.0 Å². The van der Waals surface area contributed by atoms with Crippen LogP contribution in [0.5, 0.6) is 0 Å². The van der Waals surface area contributed by atoms with E-state index < -0.39 is 24.5 Å². The molecule has 0 aromatic carbocycles. The molecular weight excluding hydrogens is 214 g/mol. The maximum absolute atomic E-state index is 11.1. The van der Waals surface area contributed by atoms with Crippen LogP contribution in [0.4, 0.5) is 4.79 Å². The highest BCUT2D eigenvalue weighted by atomic mass is 16.4. The van der Waals surface area contributed by atoms with Crippen molar-refractivity contribution in [3.63, 3.8) is 0 Å². The second-order valence-electron chi connectivity index (χ2n) is 3.63. The molecule has 0 radical (unpaired) electrons. The zero-order valence-corrected chi connectivity index (χ0v) is 9.37. The lowest BCUT2D eigenvalue weighted by molar-refractivity contribution is -0.137. The summed E-state index contributed by atoms with van der Waals surface area (Å²) in [6.45, 7) is 3.72. The van der Waals surface area contributed by atoms with Crippen LogP contribution < -0.4 is 16.0 Å².